The van der Waals surface area contributed by atoms with Gasteiger partial charge < -0.3 is 5.11 Å². The summed E-state index contributed by atoms with van der Waals surface area (Å²) in [6, 6.07) is 14.9. The van der Waals surface area contributed by atoms with Gasteiger partial charge in [0.1, 0.15) is 0 Å². The molecule has 2 rings (SSSR count). The van der Waals surface area contributed by atoms with Gasteiger partial charge in [-0.05, 0) is 59.6 Å². The van der Waals surface area contributed by atoms with Crippen molar-refractivity contribution in [3.05, 3.63) is 66.0 Å². The smallest absolute Gasteiger partial charge is 0.0467 e. The largest absolute Gasteiger partial charge is 0.396 e. The van der Waals surface area contributed by atoms with Crippen molar-refractivity contribution >= 4 is 0 Å². The molecule has 1 aromatic carbocycles. The fraction of sp³-hybridized carbons (Fsp3) is 0.542. The maximum Gasteiger partial charge on any atom is 0.0467 e. The summed E-state index contributed by atoms with van der Waals surface area (Å²) in [6.45, 7) is 9.38. The Morgan fingerprint density at radius 1 is 0.885 bits per heavy atom. The van der Waals surface area contributed by atoms with Crippen molar-refractivity contribution in [3.8, 4) is 0 Å². The second-order valence-electron chi connectivity index (χ2n) is 8.31. The topological polar surface area (TPSA) is 33.1 Å². The van der Waals surface area contributed by atoms with Gasteiger partial charge in [0.2, 0.25) is 0 Å². The summed E-state index contributed by atoms with van der Waals surface area (Å²) < 4.78 is 0. The third-order valence-corrected chi connectivity index (χ3v) is 5.61. The summed E-state index contributed by atoms with van der Waals surface area (Å²) >= 11 is 0. The molecule has 2 heteroatoms. The molecule has 0 bridgehead atoms. The first-order chi connectivity index (χ1) is 12.5. The lowest BCUT2D eigenvalue weighted by Gasteiger charge is -2.36. The van der Waals surface area contributed by atoms with Gasteiger partial charge in [0.25, 0.3) is 0 Å². The van der Waals surface area contributed by atoms with Gasteiger partial charge in [0.15, 0.2) is 0 Å². The van der Waals surface area contributed by atoms with Crippen LogP contribution in [0.2, 0.25) is 0 Å². The number of rotatable bonds is 10. The lowest BCUT2D eigenvalue weighted by molar-refractivity contribution is 0.116. The van der Waals surface area contributed by atoms with Crippen LogP contribution in [-0.2, 0) is 6.42 Å². The highest BCUT2D eigenvalue weighted by molar-refractivity contribution is 5.21. The van der Waals surface area contributed by atoms with E-state index in [0.29, 0.717) is 23.7 Å². The standard InChI is InChI=1S/C24H35NO/c1-18(2)12-13-22(21-10-6-5-7-11-21)24(17-26)23(19(3)4)15-20-9-8-14-25-16-20/h5-11,14,16,18-19,22-24,26H,12-13,15,17H2,1-4H3. The Hall–Kier alpha value is -1.67. The quantitative estimate of drug-likeness (QED) is 0.592. The van der Waals surface area contributed by atoms with E-state index in [4.69, 9.17) is 0 Å². The second-order valence-corrected chi connectivity index (χ2v) is 8.31. The first kappa shape index (κ1) is 20.6. The third-order valence-electron chi connectivity index (χ3n) is 5.61. The van der Waals surface area contributed by atoms with Crippen LogP contribution in [-0.4, -0.2) is 16.7 Å². The summed E-state index contributed by atoms with van der Waals surface area (Å²) in [5.74, 6) is 2.28. The summed E-state index contributed by atoms with van der Waals surface area (Å²) in [6.07, 6.45) is 7.08. The zero-order valence-corrected chi connectivity index (χ0v) is 16.8. The van der Waals surface area contributed by atoms with Crippen molar-refractivity contribution in [3.63, 3.8) is 0 Å². The molecule has 0 spiro atoms. The molecule has 3 unspecified atom stereocenters. The average Bonchev–Trinajstić information content (AvgIpc) is 2.65. The van der Waals surface area contributed by atoms with Crippen molar-refractivity contribution < 1.29 is 5.11 Å². The van der Waals surface area contributed by atoms with E-state index in [0.717, 1.165) is 12.8 Å². The Morgan fingerprint density at radius 2 is 1.62 bits per heavy atom. The SMILES string of the molecule is CC(C)CCC(c1ccccc1)C(CO)C(Cc1cccnc1)C(C)C. The van der Waals surface area contributed by atoms with Crippen molar-refractivity contribution in [2.75, 3.05) is 6.61 Å². The molecule has 2 aromatic rings. The van der Waals surface area contributed by atoms with Gasteiger partial charge in [0, 0.05) is 19.0 Å². The predicted octanol–water partition coefficient (Wildman–Crippen LogP) is 5.72. The number of aliphatic hydroxyl groups is 1. The average molecular weight is 354 g/mol. The second kappa shape index (κ2) is 10.5. The highest BCUT2D eigenvalue weighted by atomic mass is 16.3. The van der Waals surface area contributed by atoms with Gasteiger partial charge in [0.05, 0.1) is 0 Å². The molecule has 1 aromatic heterocycles. The summed E-state index contributed by atoms with van der Waals surface area (Å²) in [5.41, 5.74) is 2.63. The molecule has 142 valence electrons. The van der Waals surface area contributed by atoms with Crippen molar-refractivity contribution in [1.82, 2.24) is 4.98 Å². The minimum Gasteiger partial charge on any atom is -0.396 e. The number of aromatic nitrogens is 1. The molecule has 0 radical (unpaired) electrons. The van der Waals surface area contributed by atoms with Crippen LogP contribution in [0.25, 0.3) is 0 Å². The van der Waals surface area contributed by atoms with Crippen LogP contribution < -0.4 is 0 Å². The first-order valence-corrected chi connectivity index (χ1v) is 10.1. The van der Waals surface area contributed by atoms with E-state index in [-0.39, 0.29) is 12.5 Å². The molecule has 0 aliphatic rings. The molecule has 1 N–H and O–H groups in total. The number of nitrogens with zero attached hydrogens (tertiary/aromatic N) is 1. The highest BCUT2D eigenvalue weighted by Crippen LogP contribution is 2.39. The minimum absolute atomic E-state index is 0.237. The summed E-state index contributed by atoms with van der Waals surface area (Å²) in [5, 5.41) is 10.4. The van der Waals surface area contributed by atoms with Crippen LogP contribution in [0.4, 0.5) is 0 Å². The maximum absolute atomic E-state index is 10.4. The number of hydrogen-bond acceptors (Lipinski definition) is 2. The third kappa shape index (κ3) is 5.95. The maximum atomic E-state index is 10.4. The molecule has 0 aliphatic heterocycles. The van der Waals surface area contributed by atoms with Crippen molar-refractivity contribution in [2.45, 2.75) is 52.9 Å². The molecule has 0 fully saturated rings. The van der Waals surface area contributed by atoms with Crippen LogP contribution in [0.1, 0.15) is 57.6 Å². The zero-order chi connectivity index (χ0) is 18.9. The van der Waals surface area contributed by atoms with Crippen LogP contribution >= 0.6 is 0 Å². The number of hydrogen-bond donors (Lipinski definition) is 1. The molecular formula is C24H35NO. The van der Waals surface area contributed by atoms with Gasteiger partial charge in [-0.25, -0.2) is 0 Å². The summed E-state index contributed by atoms with van der Waals surface area (Å²) in [4.78, 5) is 4.28. The zero-order valence-electron chi connectivity index (χ0n) is 16.8. The van der Waals surface area contributed by atoms with Gasteiger partial charge in [-0.3, -0.25) is 4.98 Å². The van der Waals surface area contributed by atoms with Crippen molar-refractivity contribution in [1.29, 1.82) is 0 Å². The monoisotopic (exact) mass is 353 g/mol. The molecule has 0 aliphatic carbocycles. The van der Waals surface area contributed by atoms with Crippen LogP contribution in [0.5, 0.6) is 0 Å². The predicted molar refractivity (Wildman–Crippen MR) is 110 cm³/mol. The Kier molecular flexibility index (Phi) is 8.31. The fourth-order valence-electron chi connectivity index (χ4n) is 4.07. The number of pyridine rings is 1. The number of aliphatic hydroxyl groups excluding tert-OH is 1. The molecule has 3 atom stereocenters. The van der Waals surface area contributed by atoms with E-state index < -0.39 is 0 Å². The van der Waals surface area contributed by atoms with Crippen molar-refractivity contribution in [2.24, 2.45) is 23.7 Å². The lowest BCUT2D eigenvalue weighted by atomic mass is 9.70. The Morgan fingerprint density at radius 3 is 2.15 bits per heavy atom. The van der Waals surface area contributed by atoms with E-state index in [2.05, 4.69) is 69.1 Å². The van der Waals surface area contributed by atoms with E-state index in [1.54, 1.807) is 0 Å². The Balaban J connectivity index is 2.30. The normalized spacial score (nSPS) is 15.2. The van der Waals surface area contributed by atoms with Gasteiger partial charge in [-0.15, -0.1) is 0 Å². The van der Waals surface area contributed by atoms with Crippen LogP contribution in [0.15, 0.2) is 54.9 Å². The van der Waals surface area contributed by atoms with Crippen LogP contribution in [0.3, 0.4) is 0 Å². The Labute approximate surface area is 159 Å². The van der Waals surface area contributed by atoms with E-state index in [9.17, 15) is 5.11 Å². The fourth-order valence-corrected chi connectivity index (χ4v) is 4.07. The first-order valence-electron chi connectivity index (χ1n) is 10.1. The van der Waals surface area contributed by atoms with Crippen LogP contribution in [0, 0.1) is 23.7 Å². The summed E-state index contributed by atoms with van der Waals surface area (Å²) in [7, 11) is 0. The molecular weight excluding hydrogens is 318 g/mol. The van der Waals surface area contributed by atoms with Gasteiger partial charge in [-0.2, -0.15) is 0 Å². The number of benzene rings is 1. The highest BCUT2D eigenvalue weighted by Gasteiger charge is 2.32. The van der Waals surface area contributed by atoms with E-state index >= 15 is 0 Å². The van der Waals surface area contributed by atoms with E-state index in [1.807, 2.05) is 18.5 Å². The lowest BCUT2D eigenvalue weighted by Crippen LogP contribution is -2.31. The molecule has 2 nitrogen and oxygen atoms in total. The molecule has 0 saturated carbocycles. The van der Waals surface area contributed by atoms with Gasteiger partial charge >= 0.3 is 0 Å². The molecule has 26 heavy (non-hydrogen) atoms. The Bertz CT molecular complexity index is 609. The molecule has 1 heterocycles. The van der Waals surface area contributed by atoms with Gasteiger partial charge in [-0.1, -0.05) is 70.5 Å². The minimum atomic E-state index is 0.237. The molecule has 0 saturated heterocycles. The van der Waals surface area contributed by atoms with E-state index in [1.165, 1.54) is 17.5 Å². The molecule has 0 amide bonds.